The van der Waals surface area contributed by atoms with Crippen molar-refractivity contribution in [1.29, 1.82) is 0 Å². The summed E-state index contributed by atoms with van der Waals surface area (Å²) in [6, 6.07) is 12.5. The van der Waals surface area contributed by atoms with Crippen LogP contribution in [0.4, 0.5) is 10.1 Å². The van der Waals surface area contributed by atoms with E-state index in [-0.39, 0.29) is 36.5 Å². The van der Waals surface area contributed by atoms with Crippen molar-refractivity contribution < 1.29 is 18.5 Å². The summed E-state index contributed by atoms with van der Waals surface area (Å²) in [6.45, 7) is 3.77. The van der Waals surface area contributed by atoms with E-state index in [1.807, 2.05) is 13.8 Å². The van der Waals surface area contributed by atoms with E-state index in [1.165, 1.54) is 12.1 Å². The van der Waals surface area contributed by atoms with E-state index >= 15 is 0 Å². The highest BCUT2D eigenvalue weighted by Crippen LogP contribution is 2.17. The lowest BCUT2D eigenvalue weighted by molar-refractivity contribution is -0.116. The summed E-state index contributed by atoms with van der Waals surface area (Å²) < 4.78 is 18.1. The Morgan fingerprint density at radius 3 is 2.41 bits per heavy atom. The molecule has 0 radical (unpaired) electrons. The average molecular weight is 396 g/mol. The topological polar surface area (TPSA) is 97.1 Å². The summed E-state index contributed by atoms with van der Waals surface area (Å²) in [6.07, 6.45) is 0.426. The summed E-state index contributed by atoms with van der Waals surface area (Å²) >= 11 is 0. The summed E-state index contributed by atoms with van der Waals surface area (Å²) in [5.74, 6) is -0.0595. The number of nitrogens with one attached hydrogen (secondary N) is 2. The van der Waals surface area contributed by atoms with Crippen molar-refractivity contribution in [2.24, 2.45) is 0 Å². The van der Waals surface area contributed by atoms with Crippen LogP contribution in [0.1, 0.15) is 36.5 Å². The number of carbonyl (C=O) groups is 2. The highest BCUT2D eigenvalue weighted by atomic mass is 19.1. The van der Waals surface area contributed by atoms with Crippen LogP contribution < -0.4 is 10.6 Å². The van der Waals surface area contributed by atoms with Crippen LogP contribution in [0.15, 0.2) is 53.1 Å². The molecule has 0 aliphatic carbocycles. The molecule has 7 nitrogen and oxygen atoms in total. The summed E-state index contributed by atoms with van der Waals surface area (Å²) in [5, 5.41) is 9.41. The van der Waals surface area contributed by atoms with Crippen molar-refractivity contribution >= 4 is 17.5 Å². The standard InChI is InChI=1S/C21H21FN4O3/c1-13(2)23-21(28)15-5-9-17(10-6-15)24-18(27)11-12-19-25-20(26-29-19)14-3-7-16(22)8-4-14/h3-10,13H,11-12H2,1-2H3,(H,23,28)(H,24,27). The van der Waals surface area contributed by atoms with Crippen LogP contribution in [-0.2, 0) is 11.2 Å². The van der Waals surface area contributed by atoms with Gasteiger partial charge in [-0.25, -0.2) is 4.39 Å². The molecule has 3 rings (SSSR count). The summed E-state index contributed by atoms with van der Waals surface area (Å²) in [5.41, 5.74) is 1.75. The molecule has 2 amide bonds. The fraction of sp³-hybridized carbons (Fsp3) is 0.238. The number of anilines is 1. The molecule has 1 aromatic heterocycles. The zero-order valence-corrected chi connectivity index (χ0v) is 16.1. The van der Waals surface area contributed by atoms with Crippen LogP contribution in [0, 0.1) is 5.82 Å². The highest BCUT2D eigenvalue weighted by molar-refractivity contribution is 5.95. The first-order valence-electron chi connectivity index (χ1n) is 9.20. The number of aromatic nitrogens is 2. The molecule has 0 saturated carbocycles. The fourth-order valence-electron chi connectivity index (χ4n) is 2.57. The maximum absolute atomic E-state index is 13.0. The second-order valence-electron chi connectivity index (χ2n) is 6.77. The molecule has 0 atom stereocenters. The number of rotatable bonds is 7. The van der Waals surface area contributed by atoms with Gasteiger partial charge < -0.3 is 15.2 Å². The molecular formula is C21H21FN4O3. The van der Waals surface area contributed by atoms with Gasteiger partial charge >= 0.3 is 0 Å². The number of hydrogen-bond donors (Lipinski definition) is 2. The van der Waals surface area contributed by atoms with E-state index in [2.05, 4.69) is 20.8 Å². The van der Waals surface area contributed by atoms with Crippen molar-refractivity contribution in [2.75, 3.05) is 5.32 Å². The van der Waals surface area contributed by atoms with Crippen LogP contribution in [0.5, 0.6) is 0 Å². The number of aryl methyl sites for hydroxylation is 1. The Labute approximate surface area is 167 Å². The molecule has 2 N–H and O–H groups in total. The third-order valence-corrected chi connectivity index (χ3v) is 3.99. The number of halogens is 1. The Morgan fingerprint density at radius 1 is 1.07 bits per heavy atom. The van der Waals surface area contributed by atoms with E-state index in [4.69, 9.17) is 4.52 Å². The normalized spacial score (nSPS) is 10.8. The highest BCUT2D eigenvalue weighted by Gasteiger charge is 2.12. The number of amides is 2. The Kier molecular flexibility index (Phi) is 6.33. The first kappa shape index (κ1) is 20.2. The van der Waals surface area contributed by atoms with Gasteiger partial charge in [0, 0.05) is 35.7 Å². The van der Waals surface area contributed by atoms with E-state index in [9.17, 15) is 14.0 Å². The van der Waals surface area contributed by atoms with Gasteiger partial charge in [0.2, 0.25) is 17.6 Å². The van der Waals surface area contributed by atoms with Crippen molar-refractivity contribution in [1.82, 2.24) is 15.5 Å². The molecule has 0 aliphatic rings. The van der Waals surface area contributed by atoms with Gasteiger partial charge in [0.05, 0.1) is 0 Å². The third-order valence-electron chi connectivity index (χ3n) is 3.99. The van der Waals surface area contributed by atoms with Gasteiger partial charge in [0.1, 0.15) is 5.82 Å². The molecule has 0 aliphatic heterocycles. The lowest BCUT2D eigenvalue weighted by Crippen LogP contribution is -2.30. The van der Waals surface area contributed by atoms with Gasteiger partial charge in [-0.3, -0.25) is 9.59 Å². The maximum Gasteiger partial charge on any atom is 0.251 e. The molecule has 0 saturated heterocycles. The quantitative estimate of drug-likeness (QED) is 0.636. The van der Waals surface area contributed by atoms with Gasteiger partial charge in [-0.15, -0.1) is 0 Å². The second kappa shape index (κ2) is 9.09. The lowest BCUT2D eigenvalue weighted by atomic mass is 10.2. The average Bonchev–Trinajstić information content (AvgIpc) is 3.16. The van der Waals surface area contributed by atoms with Crippen LogP contribution in [0.3, 0.4) is 0 Å². The molecule has 0 fully saturated rings. The summed E-state index contributed by atoms with van der Waals surface area (Å²) in [7, 11) is 0. The first-order valence-corrected chi connectivity index (χ1v) is 9.20. The molecule has 8 heteroatoms. The smallest absolute Gasteiger partial charge is 0.251 e. The fourth-order valence-corrected chi connectivity index (χ4v) is 2.57. The molecule has 0 spiro atoms. The van der Waals surface area contributed by atoms with Crippen LogP contribution in [-0.4, -0.2) is 28.0 Å². The number of hydrogen-bond acceptors (Lipinski definition) is 5. The van der Waals surface area contributed by atoms with Crippen LogP contribution >= 0.6 is 0 Å². The third kappa shape index (κ3) is 5.71. The Morgan fingerprint density at radius 2 is 1.76 bits per heavy atom. The van der Waals surface area contributed by atoms with Gasteiger partial charge in [-0.05, 0) is 62.4 Å². The minimum absolute atomic E-state index is 0.0511. The Balaban J connectivity index is 1.51. The zero-order chi connectivity index (χ0) is 20.8. The molecule has 150 valence electrons. The van der Waals surface area contributed by atoms with Gasteiger partial charge in [0.25, 0.3) is 5.91 Å². The van der Waals surface area contributed by atoms with Crippen molar-refractivity contribution in [3.05, 3.63) is 65.8 Å². The van der Waals surface area contributed by atoms with Gasteiger partial charge in [-0.1, -0.05) is 5.16 Å². The number of nitrogens with zero attached hydrogens (tertiary/aromatic N) is 2. The predicted molar refractivity (Wildman–Crippen MR) is 106 cm³/mol. The Hall–Kier alpha value is -3.55. The minimum atomic E-state index is -0.345. The SMILES string of the molecule is CC(C)NC(=O)c1ccc(NC(=O)CCc2nc(-c3ccc(F)cc3)no2)cc1. The van der Waals surface area contributed by atoms with E-state index in [0.29, 0.717) is 28.5 Å². The van der Waals surface area contributed by atoms with E-state index in [1.54, 1.807) is 36.4 Å². The molecule has 29 heavy (non-hydrogen) atoms. The van der Waals surface area contributed by atoms with E-state index < -0.39 is 0 Å². The molecule has 0 bridgehead atoms. The lowest BCUT2D eigenvalue weighted by Gasteiger charge is -2.09. The predicted octanol–water partition coefficient (Wildman–Crippen LogP) is 3.59. The van der Waals surface area contributed by atoms with Crippen LogP contribution in [0.2, 0.25) is 0 Å². The van der Waals surface area contributed by atoms with Gasteiger partial charge in [-0.2, -0.15) is 4.98 Å². The maximum atomic E-state index is 13.0. The molecule has 2 aromatic carbocycles. The Bertz CT molecular complexity index is 982. The first-order chi connectivity index (χ1) is 13.9. The van der Waals surface area contributed by atoms with Crippen LogP contribution in [0.25, 0.3) is 11.4 Å². The number of carbonyl (C=O) groups excluding carboxylic acids is 2. The number of benzene rings is 2. The largest absolute Gasteiger partial charge is 0.350 e. The zero-order valence-electron chi connectivity index (χ0n) is 16.1. The van der Waals surface area contributed by atoms with Crippen molar-refractivity contribution in [2.45, 2.75) is 32.7 Å². The van der Waals surface area contributed by atoms with Gasteiger partial charge in [0.15, 0.2) is 0 Å². The minimum Gasteiger partial charge on any atom is -0.350 e. The van der Waals surface area contributed by atoms with Crippen molar-refractivity contribution in [3.8, 4) is 11.4 Å². The van der Waals surface area contributed by atoms with E-state index in [0.717, 1.165) is 0 Å². The van der Waals surface area contributed by atoms with Crippen molar-refractivity contribution in [3.63, 3.8) is 0 Å². The monoisotopic (exact) mass is 396 g/mol. The molecule has 1 heterocycles. The molecular weight excluding hydrogens is 375 g/mol. The molecule has 0 unspecified atom stereocenters. The second-order valence-corrected chi connectivity index (χ2v) is 6.77. The molecule has 3 aromatic rings. The summed E-state index contributed by atoms with van der Waals surface area (Å²) in [4.78, 5) is 28.3.